The van der Waals surface area contributed by atoms with Crippen LogP contribution < -0.4 is 4.74 Å². The quantitative estimate of drug-likeness (QED) is 0.600. The Kier molecular flexibility index (Phi) is 3.59. The minimum Gasteiger partial charge on any atom is -0.455 e. The third-order valence-corrected chi connectivity index (χ3v) is 3.72. The van der Waals surface area contributed by atoms with Crippen molar-refractivity contribution in [2.24, 2.45) is 0 Å². The smallest absolute Gasteiger partial charge is 0.141 e. The first-order valence-electron chi connectivity index (χ1n) is 5.81. The first kappa shape index (κ1) is 13.3. The maximum Gasteiger partial charge on any atom is 0.141 e. The fourth-order valence-electron chi connectivity index (χ4n) is 1.88. The van der Waals surface area contributed by atoms with Crippen molar-refractivity contribution in [1.29, 1.82) is 0 Å². The Bertz CT molecular complexity index is 794. The average Bonchev–Trinajstić information content (AvgIpc) is 2.43. The molecule has 0 unspecified atom stereocenters. The van der Waals surface area contributed by atoms with Gasteiger partial charge in [0.2, 0.25) is 0 Å². The lowest BCUT2D eigenvalue weighted by atomic mass is 10.2. The van der Waals surface area contributed by atoms with Crippen molar-refractivity contribution < 1.29 is 9.13 Å². The number of nitrogens with zero attached hydrogens (tertiary/aromatic N) is 1. The van der Waals surface area contributed by atoms with E-state index >= 15 is 0 Å². The van der Waals surface area contributed by atoms with Gasteiger partial charge in [-0.1, -0.05) is 17.7 Å². The van der Waals surface area contributed by atoms with Crippen molar-refractivity contribution in [2.75, 3.05) is 0 Å². The Balaban J connectivity index is 2.09. The second-order valence-corrected chi connectivity index (χ2v) is 5.38. The van der Waals surface area contributed by atoms with E-state index in [9.17, 15) is 4.39 Å². The SMILES string of the molecule is Fc1ccc(Oc2ccnc3c(Cl)cccc23)c(Br)c1. The summed E-state index contributed by atoms with van der Waals surface area (Å²) in [4.78, 5) is 4.24. The van der Waals surface area contributed by atoms with E-state index in [1.54, 1.807) is 24.4 Å². The summed E-state index contributed by atoms with van der Waals surface area (Å²) >= 11 is 9.38. The van der Waals surface area contributed by atoms with Gasteiger partial charge in [0.05, 0.1) is 15.0 Å². The lowest BCUT2D eigenvalue weighted by molar-refractivity contribution is 0.482. The number of pyridine rings is 1. The van der Waals surface area contributed by atoms with Crippen molar-refractivity contribution >= 4 is 38.4 Å². The predicted octanol–water partition coefficient (Wildman–Crippen LogP) is 5.58. The molecule has 100 valence electrons. The summed E-state index contributed by atoms with van der Waals surface area (Å²) in [5.41, 5.74) is 0.671. The molecule has 0 amide bonds. The summed E-state index contributed by atoms with van der Waals surface area (Å²) in [5.74, 6) is 0.815. The highest BCUT2D eigenvalue weighted by Crippen LogP contribution is 2.35. The molecule has 0 saturated carbocycles. The van der Waals surface area contributed by atoms with E-state index in [1.165, 1.54) is 12.1 Å². The molecule has 0 atom stereocenters. The van der Waals surface area contributed by atoms with Crippen LogP contribution in [0.1, 0.15) is 0 Å². The van der Waals surface area contributed by atoms with Crippen molar-refractivity contribution in [3.8, 4) is 11.5 Å². The monoisotopic (exact) mass is 351 g/mol. The molecule has 0 aliphatic rings. The Morgan fingerprint density at radius 2 is 1.95 bits per heavy atom. The lowest BCUT2D eigenvalue weighted by Crippen LogP contribution is -1.89. The Morgan fingerprint density at radius 3 is 2.75 bits per heavy atom. The van der Waals surface area contributed by atoms with Crippen LogP contribution in [0.2, 0.25) is 5.02 Å². The fraction of sp³-hybridized carbons (Fsp3) is 0. The van der Waals surface area contributed by atoms with Crippen LogP contribution in [0.25, 0.3) is 10.9 Å². The number of benzene rings is 2. The van der Waals surface area contributed by atoms with E-state index in [-0.39, 0.29) is 5.82 Å². The van der Waals surface area contributed by atoms with Gasteiger partial charge in [0.15, 0.2) is 0 Å². The summed E-state index contributed by atoms with van der Waals surface area (Å²) in [7, 11) is 0. The Labute approximate surface area is 128 Å². The molecule has 20 heavy (non-hydrogen) atoms. The zero-order valence-corrected chi connectivity index (χ0v) is 12.5. The standard InChI is InChI=1S/C15H8BrClFNO/c16-11-8-9(18)4-5-14(11)20-13-6-7-19-15-10(13)2-1-3-12(15)17/h1-8H. The van der Waals surface area contributed by atoms with Gasteiger partial charge in [-0.25, -0.2) is 4.39 Å². The summed E-state index contributed by atoms with van der Waals surface area (Å²) in [6.07, 6.45) is 1.63. The maximum absolute atomic E-state index is 13.1. The van der Waals surface area contributed by atoms with Gasteiger partial charge in [-0.2, -0.15) is 0 Å². The molecule has 2 nitrogen and oxygen atoms in total. The van der Waals surface area contributed by atoms with Gasteiger partial charge in [-0.05, 0) is 52.3 Å². The van der Waals surface area contributed by atoms with E-state index in [0.29, 0.717) is 26.5 Å². The highest BCUT2D eigenvalue weighted by atomic mass is 79.9. The number of hydrogen-bond donors (Lipinski definition) is 0. The molecule has 2 aromatic carbocycles. The minimum atomic E-state index is -0.327. The fourth-order valence-corrected chi connectivity index (χ4v) is 2.54. The molecule has 0 radical (unpaired) electrons. The molecule has 1 aromatic heterocycles. The number of halogens is 3. The third-order valence-electron chi connectivity index (χ3n) is 2.80. The summed E-state index contributed by atoms with van der Waals surface area (Å²) < 4.78 is 19.4. The molecular weight excluding hydrogens is 345 g/mol. The molecule has 5 heteroatoms. The molecule has 0 aliphatic carbocycles. The molecule has 0 bridgehead atoms. The summed E-state index contributed by atoms with van der Waals surface area (Å²) in [6.45, 7) is 0. The van der Waals surface area contributed by atoms with Crippen LogP contribution in [0.15, 0.2) is 53.1 Å². The molecule has 0 aliphatic heterocycles. The van der Waals surface area contributed by atoms with E-state index in [0.717, 1.165) is 5.39 Å². The maximum atomic E-state index is 13.1. The van der Waals surface area contributed by atoms with Gasteiger partial charge in [-0.15, -0.1) is 0 Å². The normalized spacial score (nSPS) is 10.8. The van der Waals surface area contributed by atoms with Gasteiger partial charge >= 0.3 is 0 Å². The van der Waals surface area contributed by atoms with Crippen LogP contribution in [0.5, 0.6) is 11.5 Å². The number of rotatable bonds is 2. The Hall–Kier alpha value is -1.65. The summed E-state index contributed by atoms with van der Waals surface area (Å²) in [5, 5.41) is 1.36. The van der Waals surface area contributed by atoms with Crippen LogP contribution >= 0.6 is 27.5 Å². The number of para-hydroxylation sites is 1. The first-order valence-corrected chi connectivity index (χ1v) is 6.98. The molecule has 0 spiro atoms. The molecule has 1 heterocycles. The molecular formula is C15H8BrClFNO. The number of fused-ring (bicyclic) bond motifs is 1. The number of aromatic nitrogens is 1. The van der Waals surface area contributed by atoms with Gasteiger partial charge in [-0.3, -0.25) is 4.98 Å². The van der Waals surface area contributed by atoms with Crippen LogP contribution in [0, 0.1) is 5.82 Å². The van der Waals surface area contributed by atoms with Gasteiger partial charge < -0.3 is 4.74 Å². The van der Waals surface area contributed by atoms with E-state index in [2.05, 4.69) is 20.9 Å². The van der Waals surface area contributed by atoms with Crippen LogP contribution in [-0.2, 0) is 0 Å². The van der Waals surface area contributed by atoms with Gasteiger partial charge in [0.1, 0.15) is 17.3 Å². The first-order chi connectivity index (χ1) is 9.65. The largest absolute Gasteiger partial charge is 0.455 e. The molecule has 0 saturated heterocycles. The molecule has 3 aromatic rings. The van der Waals surface area contributed by atoms with Crippen molar-refractivity contribution in [3.05, 3.63) is 64.0 Å². The topological polar surface area (TPSA) is 22.1 Å². The lowest BCUT2D eigenvalue weighted by Gasteiger charge is -2.10. The third kappa shape index (κ3) is 2.49. The second-order valence-electron chi connectivity index (χ2n) is 4.12. The van der Waals surface area contributed by atoms with E-state index < -0.39 is 0 Å². The van der Waals surface area contributed by atoms with Crippen LogP contribution in [-0.4, -0.2) is 4.98 Å². The van der Waals surface area contributed by atoms with E-state index in [4.69, 9.17) is 16.3 Å². The van der Waals surface area contributed by atoms with Crippen molar-refractivity contribution in [1.82, 2.24) is 4.98 Å². The second kappa shape index (κ2) is 5.38. The zero-order valence-electron chi connectivity index (χ0n) is 10.1. The summed E-state index contributed by atoms with van der Waals surface area (Å²) in [6, 6.07) is 11.5. The zero-order chi connectivity index (χ0) is 14.1. The van der Waals surface area contributed by atoms with Gasteiger partial charge in [0.25, 0.3) is 0 Å². The van der Waals surface area contributed by atoms with Crippen molar-refractivity contribution in [2.45, 2.75) is 0 Å². The predicted molar refractivity (Wildman–Crippen MR) is 80.9 cm³/mol. The molecule has 0 fully saturated rings. The number of ether oxygens (including phenoxy) is 1. The van der Waals surface area contributed by atoms with Crippen LogP contribution in [0.4, 0.5) is 4.39 Å². The number of hydrogen-bond acceptors (Lipinski definition) is 2. The highest BCUT2D eigenvalue weighted by Gasteiger charge is 2.09. The minimum absolute atomic E-state index is 0.327. The van der Waals surface area contributed by atoms with Gasteiger partial charge in [0, 0.05) is 11.6 Å². The highest BCUT2D eigenvalue weighted by molar-refractivity contribution is 9.10. The molecule has 0 N–H and O–H groups in total. The Morgan fingerprint density at radius 1 is 1.10 bits per heavy atom. The average molecular weight is 353 g/mol. The van der Waals surface area contributed by atoms with E-state index in [1.807, 2.05) is 12.1 Å². The molecule has 3 rings (SSSR count). The van der Waals surface area contributed by atoms with Crippen LogP contribution in [0.3, 0.4) is 0 Å². The van der Waals surface area contributed by atoms with Crippen molar-refractivity contribution in [3.63, 3.8) is 0 Å².